The Morgan fingerprint density at radius 3 is 2.38 bits per heavy atom. The second-order valence-corrected chi connectivity index (χ2v) is 4.38. The van der Waals surface area contributed by atoms with Gasteiger partial charge in [-0.3, -0.25) is 4.79 Å². The number of carbonyl (C=O) groups is 1. The van der Waals surface area contributed by atoms with Gasteiger partial charge < -0.3 is 5.73 Å². The van der Waals surface area contributed by atoms with Crippen molar-refractivity contribution in [3.63, 3.8) is 0 Å². The Kier molecular flexibility index (Phi) is 3.40. The number of primary amides is 1. The van der Waals surface area contributed by atoms with Crippen molar-refractivity contribution in [2.75, 3.05) is 0 Å². The van der Waals surface area contributed by atoms with Gasteiger partial charge in [-0.15, -0.1) is 0 Å². The lowest BCUT2D eigenvalue weighted by Gasteiger charge is -2.08. The normalized spacial score (nSPS) is 17.0. The molecule has 16 heavy (non-hydrogen) atoms. The van der Waals surface area contributed by atoms with Crippen LogP contribution in [0, 0.1) is 0 Å². The maximum absolute atomic E-state index is 10.6. The van der Waals surface area contributed by atoms with E-state index in [1.165, 1.54) is 37.3 Å². The summed E-state index contributed by atoms with van der Waals surface area (Å²) in [5, 5.41) is 0. The quantitative estimate of drug-likeness (QED) is 0.774. The number of amides is 1. The van der Waals surface area contributed by atoms with E-state index in [9.17, 15) is 4.79 Å². The van der Waals surface area contributed by atoms with Gasteiger partial charge in [-0.2, -0.15) is 0 Å². The summed E-state index contributed by atoms with van der Waals surface area (Å²) in [7, 11) is 0. The summed E-state index contributed by atoms with van der Waals surface area (Å²) in [6.07, 6.45) is 8.49. The molecule has 1 aromatic rings. The highest BCUT2D eigenvalue weighted by Crippen LogP contribution is 2.33. The van der Waals surface area contributed by atoms with E-state index >= 15 is 0 Å². The summed E-state index contributed by atoms with van der Waals surface area (Å²) in [4.78, 5) is 10.6. The highest BCUT2D eigenvalue weighted by molar-refractivity contribution is 5.90. The number of hydrogen-bond donors (Lipinski definition) is 1. The van der Waals surface area contributed by atoms with Gasteiger partial charge in [-0.1, -0.05) is 37.1 Å². The third-order valence-corrected chi connectivity index (χ3v) is 3.20. The Morgan fingerprint density at radius 2 is 1.81 bits per heavy atom. The van der Waals surface area contributed by atoms with E-state index < -0.39 is 5.91 Å². The Morgan fingerprint density at radius 1 is 1.19 bits per heavy atom. The molecule has 0 saturated heterocycles. The molecular formula is C14H17NO. The van der Waals surface area contributed by atoms with E-state index in [0.29, 0.717) is 0 Å². The molecule has 2 heteroatoms. The first-order valence-corrected chi connectivity index (χ1v) is 5.83. The molecular weight excluding hydrogens is 198 g/mol. The van der Waals surface area contributed by atoms with Crippen LogP contribution in [-0.4, -0.2) is 5.91 Å². The largest absolute Gasteiger partial charge is 0.366 e. The molecule has 2 N–H and O–H groups in total. The first-order valence-electron chi connectivity index (χ1n) is 5.83. The van der Waals surface area contributed by atoms with E-state index in [-0.39, 0.29) is 0 Å². The van der Waals surface area contributed by atoms with Gasteiger partial charge in [-0.05, 0) is 36.0 Å². The number of rotatable bonds is 3. The Balaban J connectivity index is 2.06. The van der Waals surface area contributed by atoms with Gasteiger partial charge in [0, 0.05) is 6.08 Å². The van der Waals surface area contributed by atoms with E-state index in [1.807, 2.05) is 12.1 Å². The molecule has 1 aliphatic carbocycles. The lowest BCUT2D eigenvalue weighted by molar-refractivity contribution is -0.113. The average Bonchev–Trinajstić information content (AvgIpc) is 2.80. The lowest BCUT2D eigenvalue weighted by atomic mass is 9.97. The van der Waals surface area contributed by atoms with Crippen molar-refractivity contribution in [2.24, 2.45) is 5.73 Å². The van der Waals surface area contributed by atoms with Crippen molar-refractivity contribution >= 4 is 12.0 Å². The fraction of sp³-hybridized carbons (Fsp3) is 0.357. The van der Waals surface area contributed by atoms with E-state index in [0.717, 1.165) is 11.5 Å². The highest BCUT2D eigenvalue weighted by Gasteiger charge is 2.16. The Labute approximate surface area is 96.2 Å². The van der Waals surface area contributed by atoms with Gasteiger partial charge in [0.15, 0.2) is 0 Å². The van der Waals surface area contributed by atoms with Crippen LogP contribution in [0.3, 0.4) is 0 Å². The number of carbonyl (C=O) groups excluding carboxylic acids is 1. The van der Waals surface area contributed by atoms with Crippen molar-refractivity contribution in [1.82, 2.24) is 0 Å². The molecule has 84 valence electrons. The smallest absolute Gasteiger partial charge is 0.241 e. The molecule has 0 aliphatic heterocycles. The topological polar surface area (TPSA) is 43.1 Å². The van der Waals surface area contributed by atoms with Crippen molar-refractivity contribution < 1.29 is 4.79 Å². The van der Waals surface area contributed by atoms with Crippen molar-refractivity contribution in [2.45, 2.75) is 31.6 Å². The van der Waals surface area contributed by atoms with Crippen LogP contribution in [-0.2, 0) is 4.79 Å². The van der Waals surface area contributed by atoms with Crippen molar-refractivity contribution in [1.29, 1.82) is 0 Å². The molecule has 2 rings (SSSR count). The first-order chi connectivity index (χ1) is 7.75. The maximum Gasteiger partial charge on any atom is 0.241 e. The molecule has 1 aromatic carbocycles. The lowest BCUT2D eigenvalue weighted by Crippen LogP contribution is -2.05. The number of benzene rings is 1. The first kappa shape index (κ1) is 10.9. The van der Waals surface area contributed by atoms with Crippen LogP contribution in [0.15, 0.2) is 30.3 Å². The molecule has 1 amide bonds. The minimum absolute atomic E-state index is 0.403. The zero-order chi connectivity index (χ0) is 11.4. The van der Waals surface area contributed by atoms with Gasteiger partial charge in [0.1, 0.15) is 0 Å². The van der Waals surface area contributed by atoms with Crippen LogP contribution in [0.25, 0.3) is 6.08 Å². The molecule has 1 fully saturated rings. The van der Waals surface area contributed by atoms with Crippen molar-refractivity contribution in [3.8, 4) is 0 Å². The third-order valence-electron chi connectivity index (χ3n) is 3.20. The Hall–Kier alpha value is -1.57. The highest BCUT2D eigenvalue weighted by atomic mass is 16.1. The second-order valence-electron chi connectivity index (χ2n) is 4.38. The van der Waals surface area contributed by atoms with Gasteiger partial charge >= 0.3 is 0 Å². The van der Waals surface area contributed by atoms with E-state index in [2.05, 4.69) is 12.1 Å². The molecule has 0 heterocycles. The number of nitrogens with two attached hydrogens (primary N) is 1. The van der Waals surface area contributed by atoms with Gasteiger partial charge in [0.05, 0.1) is 0 Å². The van der Waals surface area contributed by atoms with E-state index in [1.54, 1.807) is 6.08 Å². The summed E-state index contributed by atoms with van der Waals surface area (Å²) >= 11 is 0. The van der Waals surface area contributed by atoms with Crippen LogP contribution < -0.4 is 5.73 Å². The minimum Gasteiger partial charge on any atom is -0.366 e. The van der Waals surface area contributed by atoms with Gasteiger partial charge in [0.2, 0.25) is 5.91 Å². The average molecular weight is 215 g/mol. The van der Waals surface area contributed by atoms with Crippen LogP contribution in [0.4, 0.5) is 0 Å². The summed E-state index contributed by atoms with van der Waals surface area (Å²) in [6.45, 7) is 0. The van der Waals surface area contributed by atoms with Crippen LogP contribution >= 0.6 is 0 Å². The summed E-state index contributed by atoms with van der Waals surface area (Å²) < 4.78 is 0. The molecule has 1 saturated carbocycles. The van der Waals surface area contributed by atoms with Crippen LogP contribution in [0.2, 0.25) is 0 Å². The molecule has 0 bridgehead atoms. The molecule has 0 radical (unpaired) electrons. The van der Waals surface area contributed by atoms with Crippen LogP contribution in [0.5, 0.6) is 0 Å². The summed E-state index contributed by atoms with van der Waals surface area (Å²) in [5.41, 5.74) is 7.50. The molecule has 0 unspecified atom stereocenters. The van der Waals surface area contributed by atoms with Gasteiger partial charge in [0.25, 0.3) is 0 Å². The second kappa shape index (κ2) is 4.97. The molecule has 0 aromatic heterocycles. The summed E-state index contributed by atoms with van der Waals surface area (Å²) in [6, 6.07) is 8.42. The van der Waals surface area contributed by atoms with Crippen LogP contribution in [0.1, 0.15) is 42.7 Å². The monoisotopic (exact) mass is 215 g/mol. The van der Waals surface area contributed by atoms with Gasteiger partial charge in [-0.25, -0.2) is 0 Å². The standard InChI is InChI=1S/C14H17NO/c15-14(16)10-7-11-5-8-13(9-6-11)12-3-1-2-4-12/h5-10,12H,1-4H2,(H2,15,16). The van der Waals surface area contributed by atoms with Crippen molar-refractivity contribution in [3.05, 3.63) is 41.5 Å². The molecule has 2 nitrogen and oxygen atoms in total. The van der Waals surface area contributed by atoms with E-state index in [4.69, 9.17) is 5.73 Å². The minimum atomic E-state index is -0.403. The predicted molar refractivity (Wildman–Crippen MR) is 65.9 cm³/mol. The molecule has 0 spiro atoms. The fourth-order valence-electron chi connectivity index (χ4n) is 2.32. The molecule has 1 aliphatic rings. The SMILES string of the molecule is NC(=O)C=Cc1ccc(C2CCCC2)cc1. The summed E-state index contributed by atoms with van der Waals surface area (Å²) in [5.74, 6) is 0.342. The zero-order valence-corrected chi connectivity index (χ0v) is 9.36. The number of hydrogen-bond acceptors (Lipinski definition) is 1. The fourth-order valence-corrected chi connectivity index (χ4v) is 2.32. The molecule has 0 atom stereocenters. The third kappa shape index (κ3) is 2.72. The zero-order valence-electron chi connectivity index (χ0n) is 9.36. The predicted octanol–water partition coefficient (Wildman–Crippen LogP) is 2.84. The maximum atomic E-state index is 10.6. The Bertz CT molecular complexity index is 386.